The maximum atomic E-state index is 12.8. The number of carbonyl (C=O) groups excluding carboxylic acids is 3. The van der Waals surface area contributed by atoms with Gasteiger partial charge in [0.05, 0.1) is 36.2 Å². The molecule has 0 bridgehead atoms. The van der Waals surface area contributed by atoms with Crippen LogP contribution in [-0.4, -0.2) is 77.8 Å². The third kappa shape index (κ3) is 8.12. The van der Waals surface area contributed by atoms with E-state index < -0.39 is 23.5 Å². The standard InChI is InChI=1S/C30H41N3O8S/c1-18(2)8-13-22-29(3,41-22)27-26(39-4)21(14-15-30(27)17-40-30)32-28(38)33-24(35)16-42-20-11-9-19(10-12-20)31-23(34)6-5-7-25(36)37/h8-12,21-22,26-27H,5-7,13-17H2,1-4H3,(H,31,34)(H,36,37)(H2,32,33,35,38)/t21-,22-,26-,27-,29+,30+/m1/s1. The first-order chi connectivity index (χ1) is 20.0. The number of aliphatic carboxylic acids is 1. The number of ether oxygens (including phenoxy) is 3. The number of nitrogens with one attached hydrogen (secondary N) is 3. The number of methoxy groups -OCH3 is 1. The highest BCUT2D eigenvalue weighted by molar-refractivity contribution is 8.00. The summed E-state index contributed by atoms with van der Waals surface area (Å²) in [6.07, 6.45) is 4.51. The Hall–Kier alpha value is -2.93. The van der Waals surface area contributed by atoms with Crippen molar-refractivity contribution in [2.24, 2.45) is 5.92 Å². The molecule has 6 atom stereocenters. The number of amides is 4. The number of carboxylic acid groups (broad SMARTS) is 1. The van der Waals surface area contributed by atoms with Crippen molar-refractivity contribution in [3.8, 4) is 0 Å². The number of rotatable bonds is 13. The van der Waals surface area contributed by atoms with Crippen LogP contribution in [-0.2, 0) is 28.6 Å². The van der Waals surface area contributed by atoms with Gasteiger partial charge in [-0.1, -0.05) is 11.6 Å². The largest absolute Gasteiger partial charge is 0.481 e. The van der Waals surface area contributed by atoms with Gasteiger partial charge in [0.25, 0.3) is 0 Å². The van der Waals surface area contributed by atoms with Gasteiger partial charge in [0.2, 0.25) is 11.8 Å². The predicted molar refractivity (Wildman–Crippen MR) is 157 cm³/mol. The lowest BCUT2D eigenvalue weighted by Gasteiger charge is -2.43. The van der Waals surface area contributed by atoms with Crippen LogP contribution in [0.5, 0.6) is 0 Å². The number of benzene rings is 1. The predicted octanol–water partition coefficient (Wildman–Crippen LogP) is 3.87. The van der Waals surface area contributed by atoms with E-state index in [1.165, 1.54) is 17.3 Å². The van der Waals surface area contributed by atoms with Gasteiger partial charge in [-0.05, 0) is 70.7 Å². The number of allylic oxidation sites excluding steroid dienone is 1. The second-order valence-corrected chi connectivity index (χ2v) is 12.7. The van der Waals surface area contributed by atoms with Gasteiger partial charge in [0.15, 0.2) is 0 Å². The molecule has 1 aliphatic carbocycles. The fourth-order valence-corrected chi connectivity index (χ4v) is 6.61. The summed E-state index contributed by atoms with van der Waals surface area (Å²) in [5.74, 6) is -1.64. The van der Waals surface area contributed by atoms with Gasteiger partial charge in [0, 0.05) is 36.5 Å². The zero-order valence-electron chi connectivity index (χ0n) is 24.6. The molecule has 2 saturated heterocycles. The van der Waals surface area contributed by atoms with Crippen molar-refractivity contribution >= 4 is 41.3 Å². The summed E-state index contributed by atoms with van der Waals surface area (Å²) in [6, 6.07) is 6.07. The lowest BCUT2D eigenvalue weighted by molar-refractivity contribution is -0.137. The van der Waals surface area contributed by atoms with Gasteiger partial charge in [-0.3, -0.25) is 19.7 Å². The summed E-state index contributed by atoms with van der Waals surface area (Å²) in [4.78, 5) is 48.6. The molecular formula is C30H41N3O8S. The summed E-state index contributed by atoms with van der Waals surface area (Å²) in [5, 5.41) is 16.8. The van der Waals surface area contributed by atoms with Crippen LogP contribution in [0.3, 0.4) is 0 Å². The number of thioether (sulfide) groups is 1. The Balaban J connectivity index is 1.24. The van der Waals surface area contributed by atoms with Crippen LogP contribution < -0.4 is 16.0 Å². The Bertz CT molecular complexity index is 1200. The quantitative estimate of drug-likeness (QED) is 0.149. The lowest BCUT2D eigenvalue weighted by atomic mass is 9.67. The zero-order valence-corrected chi connectivity index (χ0v) is 25.4. The van der Waals surface area contributed by atoms with Crippen LogP contribution in [0, 0.1) is 5.92 Å². The summed E-state index contributed by atoms with van der Waals surface area (Å²) < 4.78 is 18.1. The van der Waals surface area contributed by atoms with Gasteiger partial charge in [-0.25, -0.2) is 4.79 Å². The number of hydrogen-bond donors (Lipinski definition) is 4. The third-order valence-electron chi connectivity index (χ3n) is 8.17. The number of carbonyl (C=O) groups is 4. The Labute approximate surface area is 250 Å². The molecule has 230 valence electrons. The summed E-state index contributed by atoms with van der Waals surface area (Å²) >= 11 is 1.26. The molecule has 3 fully saturated rings. The van der Waals surface area contributed by atoms with Crippen molar-refractivity contribution in [2.45, 2.75) is 93.6 Å². The van der Waals surface area contributed by atoms with Gasteiger partial charge < -0.3 is 30.0 Å². The monoisotopic (exact) mass is 603 g/mol. The molecule has 12 heteroatoms. The molecule has 3 aliphatic rings. The first kappa shape index (κ1) is 32.0. The molecule has 2 heterocycles. The van der Waals surface area contributed by atoms with E-state index in [1.807, 2.05) is 0 Å². The van der Waals surface area contributed by atoms with Crippen LogP contribution >= 0.6 is 11.8 Å². The molecular weight excluding hydrogens is 562 g/mol. The molecule has 1 aromatic rings. The average molecular weight is 604 g/mol. The Morgan fingerprint density at radius 2 is 1.86 bits per heavy atom. The normalized spacial score (nSPS) is 29.3. The minimum Gasteiger partial charge on any atom is -0.481 e. The average Bonchev–Trinajstić information content (AvgIpc) is 3.84. The summed E-state index contributed by atoms with van der Waals surface area (Å²) in [7, 11) is 1.64. The fourth-order valence-electron chi connectivity index (χ4n) is 5.92. The highest BCUT2D eigenvalue weighted by atomic mass is 32.2. The Kier molecular flexibility index (Phi) is 10.3. The maximum Gasteiger partial charge on any atom is 0.321 e. The minimum absolute atomic E-state index is 0.0320. The van der Waals surface area contributed by atoms with Crippen LogP contribution in [0.4, 0.5) is 10.5 Å². The van der Waals surface area contributed by atoms with Crippen LogP contribution in [0.15, 0.2) is 40.8 Å². The van der Waals surface area contributed by atoms with Crippen molar-refractivity contribution in [2.75, 3.05) is 24.8 Å². The molecule has 2 aliphatic heterocycles. The molecule has 1 saturated carbocycles. The highest BCUT2D eigenvalue weighted by Crippen LogP contribution is 2.59. The van der Waals surface area contributed by atoms with E-state index in [0.29, 0.717) is 18.7 Å². The summed E-state index contributed by atoms with van der Waals surface area (Å²) in [5.41, 5.74) is 1.11. The minimum atomic E-state index is -0.934. The molecule has 4 amide bonds. The number of urea groups is 1. The topological polar surface area (TPSA) is 159 Å². The first-order valence-electron chi connectivity index (χ1n) is 14.3. The maximum absolute atomic E-state index is 12.8. The lowest BCUT2D eigenvalue weighted by Crippen LogP contribution is -2.60. The molecule has 11 nitrogen and oxygen atoms in total. The zero-order chi connectivity index (χ0) is 30.5. The molecule has 0 radical (unpaired) electrons. The van der Waals surface area contributed by atoms with Crippen molar-refractivity contribution in [1.82, 2.24) is 10.6 Å². The molecule has 0 unspecified atom stereocenters. The van der Waals surface area contributed by atoms with Crippen molar-refractivity contribution < 1.29 is 38.5 Å². The summed E-state index contributed by atoms with van der Waals surface area (Å²) in [6.45, 7) is 6.88. The Morgan fingerprint density at radius 3 is 2.48 bits per heavy atom. The number of imide groups is 1. The molecule has 1 aromatic carbocycles. The van der Waals surface area contributed by atoms with Crippen LogP contribution in [0.2, 0.25) is 0 Å². The van der Waals surface area contributed by atoms with Crippen LogP contribution in [0.25, 0.3) is 0 Å². The van der Waals surface area contributed by atoms with Gasteiger partial charge in [-0.2, -0.15) is 0 Å². The van der Waals surface area contributed by atoms with Crippen LogP contribution in [0.1, 0.15) is 59.3 Å². The van der Waals surface area contributed by atoms with Gasteiger partial charge in [0.1, 0.15) is 5.60 Å². The van der Waals surface area contributed by atoms with Crippen molar-refractivity contribution in [1.29, 1.82) is 0 Å². The van der Waals surface area contributed by atoms with E-state index >= 15 is 0 Å². The number of carboxylic acids is 1. The van der Waals surface area contributed by atoms with Gasteiger partial charge in [-0.15, -0.1) is 11.8 Å². The SMILES string of the molecule is CO[C@@H]1[C@H](NC(=O)NC(=O)CSc2ccc(NC(=O)CCCC(=O)O)cc2)CC[C@]2(CO2)[C@H]1[C@@]1(C)O[C@@H]1CC=C(C)C. The van der Waals surface area contributed by atoms with Crippen molar-refractivity contribution in [3.63, 3.8) is 0 Å². The smallest absolute Gasteiger partial charge is 0.321 e. The molecule has 4 rings (SSSR count). The van der Waals surface area contributed by atoms with Gasteiger partial charge >= 0.3 is 12.0 Å². The molecule has 4 N–H and O–H groups in total. The third-order valence-corrected chi connectivity index (χ3v) is 9.18. The number of hydrogen-bond acceptors (Lipinski definition) is 8. The van der Waals surface area contributed by atoms with E-state index in [-0.39, 0.29) is 60.7 Å². The van der Waals surface area contributed by atoms with E-state index in [1.54, 1.807) is 31.4 Å². The Morgan fingerprint density at radius 1 is 1.14 bits per heavy atom. The number of epoxide rings is 2. The molecule has 1 spiro atoms. The second-order valence-electron chi connectivity index (χ2n) is 11.6. The molecule has 42 heavy (non-hydrogen) atoms. The fraction of sp³-hybridized carbons (Fsp3) is 0.600. The van der Waals surface area contributed by atoms with E-state index in [0.717, 1.165) is 17.7 Å². The van der Waals surface area contributed by atoms with Crippen molar-refractivity contribution in [3.05, 3.63) is 35.9 Å². The first-order valence-corrected chi connectivity index (χ1v) is 15.3. The highest BCUT2D eigenvalue weighted by Gasteiger charge is 2.71. The number of anilines is 1. The van der Waals surface area contributed by atoms with E-state index in [2.05, 4.69) is 42.8 Å². The van der Waals surface area contributed by atoms with E-state index in [9.17, 15) is 19.2 Å². The van der Waals surface area contributed by atoms with E-state index in [4.69, 9.17) is 19.3 Å². The molecule has 0 aromatic heterocycles. The second kappa shape index (κ2) is 13.6.